The highest BCUT2D eigenvalue weighted by atomic mass is 16.2. The largest absolute Gasteiger partial charge is 0.352 e. The van der Waals surface area contributed by atoms with Gasteiger partial charge in [0.25, 0.3) is 0 Å². The highest BCUT2D eigenvalue weighted by Crippen LogP contribution is 1.95. The number of nitrogens with two attached hydrogens (primary N) is 2. The van der Waals surface area contributed by atoms with Gasteiger partial charge in [-0.1, -0.05) is 6.92 Å². The summed E-state index contributed by atoms with van der Waals surface area (Å²) in [6.07, 6.45) is 1.39. The standard InChI is InChI=1S/C7H16N4O2/c1-2-5(11-7(9)13)3-4-10-6(8)12/h5H,2-4H2,1H3,(H3,8,10,12)(H3,9,11,13). The minimum atomic E-state index is -0.561. The molecule has 0 aliphatic heterocycles. The van der Waals surface area contributed by atoms with E-state index in [1.54, 1.807) is 0 Å². The molecule has 0 bridgehead atoms. The molecule has 0 fully saturated rings. The molecule has 0 aromatic heterocycles. The molecule has 76 valence electrons. The van der Waals surface area contributed by atoms with E-state index in [0.29, 0.717) is 13.0 Å². The van der Waals surface area contributed by atoms with Gasteiger partial charge < -0.3 is 22.1 Å². The van der Waals surface area contributed by atoms with Crippen molar-refractivity contribution in [2.75, 3.05) is 6.54 Å². The zero-order chi connectivity index (χ0) is 10.3. The van der Waals surface area contributed by atoms with E-state index in [2.05, 4.69) is 10.6 Å². The fraction of sp³-hybridized carbons (Fsp3) is 0.714. The number of carbonyl (C=O) groups is 2. The summed E-state index contributed by atoms with van der Waals surface area (Å²) in [6.45, 7) is 2.36. The number of urea groups is 2. The van der Waals surface area contributed by atoms with Gasteiger partial charge in [0.1, 0.15) is 0 Å². The minimum Gasteiger partial charge on any atom is -0.352 e. The molecular formula is C7H16N4O2. The van der Waals surface area contributed by atoms with Gasteiger partial charge in [-0.15, -0.1) is 0 Å². The van der Waals surface area contributed by atoms with Crippen LogP contribution >= 0.6 is 0 Å². The van der Waals surface area contributed by atoms with E-state index in [9.17, 15) is 9.59 Å². The Morgan fingerprint density at radius 2 is 1.92 bits per heavy atom. The first kappa shape index (κ1) is 11.5. The second-order valence-corrected chi connectivity index (χ2v) is 2.69. The van der Waals surface area contributed by atoms with Crippen LogP contribution in [0.3, 0.4) is 0 Å². The van der Waals surface area contributed by atoms with Crippen molar-refractivity contribution in [3.8, 4) is 0 Å². The molecule has 6 heteroatoms. The summed E-state index contributed by atoms with van der Waals surface area (Å²) in [5.74, 6) is 0. The average molecular weight is 188 g/mol. The third-order valence-corrected chi connectivity index (χ3v) is 1.63. The first-order valence-electron chi connectivity index (χ1n) is 4.15. The van der Waals surface area contributed by atoms with Crippen molar-refractivity contribution in [1.29, 1.82) is 0 Å². The van der Waals surface area contributed by atoms with Crippen LogP contribution in [0, 0.1) is 0 Å². The van der Waals surface area contributed by atoms with E-state index in [4.69, 9.17) is 11.5 Å². The Labute approximate surface area is 77.0 Å². The maximum Gasteiger partial charge on any atom is 0.312 e. The Bertz CT molecular complexity index is 183. The SMILES string of the molecule is CCC(CCNC(N)=O)NC(N)=O. The first-order chi connectivity index (χ1) is 6.06. The van der Waals surface area contributed by atoms with Crippen LogP contribution in [0.5, 0.6) is 0 Å². The zero-order valence-corrected chi connectivity index (χ0v) is 7.67. The second-order valence-electron chi connectivity index (χ2n) is 2.69. The lowest BCUT2D eigenvalue weighted by molar-refractivity contribution is 0.243. The molecule has 0 aliphatic carbocycles. The van der Waals surface area contributed by atoms with Crippen LogP contribution in [-0.4, -0.2) is 24.6 Å². The Morgan fingerprint density at radius 3 is 2.31 bits per heavy atom. The Morgan fingerprint density at radius 1 is 1.31 bits per heavy atom. The molecule has 0 spiro atoms. The molecule has 1 unspecified atom stereocenters. The maximum atomic E-state index is 10.5. The summed E-state index contributed by atoms with van der Waals surface area (Å²) in [5, 5.41) is 4.98. The molecular weight excluding hydrogens is 172 g/mol. The molecule has 0 aromatic rings. The molecule has 0 rings (SSSR count). The minimum absolute atomic E-state index is 0.00986. The van der Waals surface area contributed by atoms with Gasteiger partial charge in [0.2, 0.25) is 0 Å². The number of amides is 4. The number of primary amides is 2. The van der Waals surface area contributed by atoms with E-state index in [-0.39, 0.29) is 6.04 Å². The van der Waals surface area contributed by atoms with Crippen molar-refractivity contribution in [3.05, 3.63) is 0 Å². The van der Waals surface area contributed by atoms with Gasteiger partial charge in [-0.05, 0) is 12.8 Å². The van der Waals surface area contributed by atoms with E-state index < -0.39 is 12.1 Å². The first-order valence-corrected chi connectivity index (χ1v) is 4.15. The third-order valence-electron chi connectivity index (χ3n) is 1.63. The Kier molecular flexibility index (Phi) is 5.42. The molecule has 13 heavy (non-hydrogen) atoms. The van der Waals surface area contributed by atoms with Crippen molar-refractivity contribution in [2.24, 2.45) is 11.5 Å². The van der Waals surface area contributed by atoms with Crippen LogP contribution in [0.15, 0.2) is 0 Å². The molecule has 6 N–H and O–H groups in total. The zero-order valence-electron chi connectivity index (χ0n) is 7.67. The smallest absolute Gasteiger partial charge is 0.312 e. The molecule has 0 saturated carbocycles. The Balaban J connectivity index is 3.59. The number of nitrogens with one attached hydrogen (secondary N) is 2. The highest BCUT2D eigenvalue weighted by Gasteiger charge is 2.07. The van der Waals surface area contributed by atoms with Crippen LogP contribution in [0.1, 0.15) is 19.8 Å². The van der Waals surface area contributed by atoms with Crippen molar-refractivity contribution in [3.63, 3.8) is 0 Å². The van der Waals surface area contributed by atoms with Crippen LogP contribution in [0.2, 0.25) is 0 Å². The molecule has 1 atom stereocenters. The van der Waals surface area contributed by atoms with Gasteiger partial charge in [-0.3, -0.25) is 0 Å². The molecule has 6 nitrogen and oxygen atoms in total. The summed E-state index contributed by atoms with van der Waals surface area (Å²) in [7, 11) is 0. The fourth-order valence-corrected chi connectivity index (χ4v) is 0.949. The van der Waals surface area contributed by atoms with Crippen LogP contribution in [0.25, 0.3) is 0 Å². The lowest BCUT2D eigenvalue weighted by Crippen LogP contribution is -2.41. The number of hydrogen-bond acceptors (Lipinski definition) is 2. The highest BCUT2D eigenvalue weighted by molar-refractivity contribution is 5.72. The van der Waals surface area contributed by atoms with Crippen molar-refractivity contribution in [1.82, 2.24) is 10.6 Å². The number of rotatable bonds is 5. The van der Waals surface area contributed by atoms with Crippen molar-refractivity contribution < 1.29 is 9.59 Å². The second kappa shape index (κ2) is 6.10. The third kappa shape index (κ3) is 6.92. The quantitative estimate of drug-likeness (QED) is 0.466. The van der Waals surface area contributed by atoms with Crippen LogP contribution < -0.4 is 22.1 Å². The number of hydrogen-bond donors (Lipinski definition) is 4. The summed E-state index contributed by atoms with van der Waals surface area (Å²) in [6, 6.07) is -1.12. The van der Waals surface area contributed by atoms with Gasteiger partial charge in [-0.2, -0.15) is 0 Å². The van der Waals surface area contributed by atoms with Gasteiger partial charge >= 0.3 is 12.1 Å². The summed E-state index contributed by atoms with van der Waals surface area (Å²) in [5.41, 5.74) is 9.80. The van der Waals surface area contributed by atoms with Crippen molar-refractivity contribution >= 4 is 12.1 Å². The summed E-state index contributed by atoms with van der Waals surface area (Å²) >= 11 is 0. The van der Waals surface area contributed by atoms with Crippen LogP contribution in [-0.2, 0) is 0 Å². The Hall–Kier alpha value is -1.46. The summed E-state index contributed by atoms with van der Waals surface area (Å²) < 4.78 is 0. The van der Waals surface area contributed by atoms with Crippen LogP contribution in [0.4, 0.5) is 9.59 Å². The number of carbonyl (C=O) groups excluding carboxylic acids is 2. The lowest BCUT2D eigenvalue weighted by Gasteiger charge is -2.14. The predicted octanol–water partition coefficient (Wildman–Crippen LogP) is -0.508. The average Bonchev–Trinajstić information content (AvgIpc) is 2.01. The van der Waals surface area contributed by atoms with Gasteiger partial charge in [0.05, 0.1) is 0 Å². The van der Waals surface area contributed by atoms with Crippen molar-refractivity contribution in [2.45, 2.75) is 25.8 Å². The maximum absolute atomic E-state index is 10.5. The molecule has 4 amide bonds. The van der Waals surface area contributed by atoms with Gasteiger partial charge in [-0.25, -0.2) is 9.59 Å². The fourth-order valence-electron chi connectivity index (χ4n) is 0.949. The molecule has 0 aliphatic rings. The lowest BCUT2D eigenvalue weighted by atomic mass is 10.1. The predicted molar refractivity (Wildman–Crippen MR) is 49.0 cm³/mol. The summed E-state index contributed by atoms with van der Waals surface area (Å²) in [4.78, 5) is 20.8. The molecule has 0 heterocycles. The van der Waals surface area contributed by atoms with E-state index in [1.165, 1.54) is 0 Å². The molecule has 0 aromatic carbocycles. The van der Waals surface area contributed by atoms with E-state index >= 15 is 0 Å². The topological polar surface area (TPSA) is 110 Å². The molecule has 0 saturated heterocycles. The van der Waals surface area contributed by atoms with E-state index in [0.717, 1.165) is 6.42 Å². The normalized spacial score (nSPS) is 11.8. The monoisotopic (exact) mass is 188 g/mol. The van der Waals surface area contributed by atoms with Gasteiger partial charge in [0.15, 0.2) is 0 Å². The van der Waals surface area contributed by atoms with Gasteiger partial charge in [0, 0.05) is 12.6 Å². The van der Waals surface area contributed by atoms with E-state index in [1.807, 2.05) is 6.92 Å². The molecule has 0 radical (unpaired) electrons.